The van der Waals surface area contributed by atoms with Crippen molar-refractivity contribution in [1.82, 2.24) is 0 Å². The highest BCUT2D eigenvalue weighted by Gasteiger charge is 2.01. The lowest BCUT2D eigenvalue weighted by Gasteiger charge is -2.07. The topological polar surface area (TPSA) is 52.0 Å². The first-order valence-electron chi connectivity index (χ1n) is 5.32. The highest BCUT2D eigenvalue weighted by atomic mass is 14.5. The van der Waals surface area contributed by atoms with Gasteiger partial charge in [0.25, 0.3) is 0 Å². The van der Waals surface area contributed by atoms with Gasteiger partial charge < -0.3 is 11.5 Å². The smallest absolute Gasteiger partial charge is 0.0316 e. The maximum absolute atomic E-state index is 5.75. The number of hydrogen-bond acceptors (Lipinski definition) is 2. The molecule has 0 heterocycles. The lowest BCUT2D eigenvalue weighted by molar-refractivity contribution is 1.02. The highest BCUT2D eigenvalue weighted by molar-refractivity contribution is 5.43. The largest absolute Gasteiger partial charge is 0.399 e. The second-order valence-corrected chi connectivity index (χ2v) is 3.82. The minimum absolute atomic E-state index is 0.551. The minimum atomic E-state index is 0.551. The van der Waals surface area contributed by atoms with Gasteiger partial charge in [-0.05, 0) is 47.4 Å². The number of hydrogen-bond donors (Lipinski definition) is 2. The van der Waals surface area contributed by atoms with E-state index in [9.17, 15) is 0 Å². The molecule has 2 rings (SSSR count). The van der Waals surface area contributed by atoms with E-state index in [1.807, 2.05) is 30.3 Å². The molecule has 2 heteroatoms. The molecule has 0 aliphatic heterocycles. The molecule has 0 atom stereocenters. The summed E-state index contributed by atoms with van der Waals surface area (Å²) in [6, 6.07) is 16.9. The van der Waals surface area contributed by atoms with E-state index < -0.39 is 0 Å². The van der Waals surface area contributed by atoms with Crippen molar-refractivity contribution < 1.29 is 0 Å². The van der Waals surface area contributed by atoms with Gasteiger partial charge in [0.1, 0.15) is 0 Å². The van der Waals surface area contributed by atoms with E-state index in [4.69, 9.17) is 11.5 Å². The van der Waals surface area contributed by atoms with Gasteiger partial charge in [0.2, 0.25) is 0 Å². The summed E-state index contributed by atoms with van der Waals surface area (Å²) in [7, 11) is 0. The van der Waals surface area contributed by atoms with E-state index in [1.165, 1.54) is 11.1 Å². The fourth-order valence-corrected chi connectivity index (χ4v) is 1.78. The van der Waals surface area contributed by atoms with E-state index >= 15 is 0 Å². The first-order chi connectivity index (χ1) is 7.79. The van der Waals surface area contributed by atoms with Crippen molar-refractivity contribution in [1.29, 1.82) is 0 Å². The van der Waals surface area contributed by atoms with Crippen LogP contribution >= 0.6 is 0 Å². The molecule has 0 saturated carbocycles. The molecule has 4 N–H and O–H groups in total. The van der Waals surface area contributed by atoms with Crippen molar-refractivity contribution in [3.63, 3.8) is 0 Å². The molecule has 0 aliphatic rings. The second kappa shape index (κ2) is 4.81. The molecular formula is C14H15N2. The summed E-state index contributed by atoms with van der Waals surface area (Å²) < 4.78 is 0. The van der Waals surface area contributed by atoms with Crippen LogP contribution in [0.2, 0.25) is 0 Å². The van der Waals surface area contributed by atoms with Crippen LogP contribution in [0.15, 0.2) is 42.5 Å². The minimum Gasteiger partial charge on any atom is -0.399 e. The van der Waals surface area contributed by atoms with Crippen LogP contribution < -0.4 is 11.5 Å². The van der Waals surface area contributed by atoms with Crippen molar-refractivity contribution in [2.24, 2.45) is 5.73 Å². The van der Waals surface area contributed by atoms with Gasteiger partial charge in [-0.1, -0.05) is 24.3 Å². The normalized spacial score (nSPS) is 10.3. The Hall–Kier alpha value is -1.80. The summed E-state index contributed by atoms with van der Waals surface area (Å²) in [6.07, 6.45) is 0.867. The average Bonchev–Trinajstić information content (AvgIpc) is 2.30. The molecule has 0 saturated heterocycles. The molecule has 2 aromatic carbocycles. The van der Waals surface area contributed by atoms with E-state index in [1.54, 1.807) is 0 Å². The molecule has 0 aliphatic carbocycles. The lowest BCUT2D eigenvalue weighted by Crippen LogP contribution is -2.02. The Morgan fingerprint density at radius 3 is 2.75 bits per heavy atom. The van der Waals surface area contributed by atoms with Gasteiger partial charge in [0, 0.05) is 12.2 Å². The third-order valence-corrected chi connectivity index (χ3v) is 2.62. The Morgan fingerprint density at radius 1 is 1.12 bits per heavy atom. The summed E-state index contributed by atoms with van der Waals surface area (Å²) in [4.78, 5) is 0. The average molecular weight is 211 g/mol. The van der Waals surface area contributed by atoms with Crippen molar-refractivity contribution in [3.05, 3.63) is 65.2 Å². The van der Waals surface area contributed by atoms with Gasteiger partial charge in [-0.15, -0.1) is 0 Å². The van der Waals surface area contributed by atoms with E-state index in [0.29, 0.717) is 6.54 Å². The summed E-state index contributed by atoms with van der Waals surface area (Å²) in [5.41, 5.74) is 15.8. The molecule has 0 unspecified atom stereocenters. The first-order valence-corrected chi connectivity index (χ1v) is 5.32. The van der Waals surface area contributed by atoms with Gasteiger partial charge in [0.05, 0.1) is 0 Å². The van der Waals surface area contributed by atoms with Crippen molar-refractivity contribution in [2.75, 3.05) is 5.73 Å². The third kappa shape index (κ3) is 2.41. The predicted octanol–water partition coefficient (Wildman–Crippen LogP) is 2.12. The Labute approximate surface area is 95.9 Å². The maximum atomic E-state index is 5.75. The molecule has 2 nitrogen and oxygen atoms in total. The van der Waals surface area contributed by atoms with Crippen molar-refractivity contribution >= 4 is 5.69 Å². The summed E-state index contributed by atoms with van der Waals surface area (Å²) in [6.45, 7) is 0.551. The van der Waals surface area contributed by atoms with Crippen LogP contribution in [0.1, 0.15) is 16.7 Å². The summed E-state index contributed by atoms with van der Waals surface area (Å²) in [5, 5.41) is 0. The highest BCUT2D eigenvalue weighted by Crippen LogP contribution is 2.15. The van der Waals surface area contributed by atoms with Gasteiger partial charge in [-0.3, -0.25) is 0 Å². The van der Waals surface area contributed by atoms with Gasteiger partial charge in [-0.2, -0.15) is 0 Å². The Kier molecular flexibility index (Phi) is 3.22. The molecule has 1 radical (unpaired) electrons. The summed E-state index contributed by atoms with van der Waals surface area (Å²) >= 11 is 0. The second-order valence-electron chi connectivity index (χ2n) is 3.82. The van der Waals surface area contributed by atoms with Gasteiger partial charge in [0.15, 0.2) is 0 Å². The zero-order chi connectivity index (χ0) is 11.4. The fraction of sp³-hybridized carbons (Fsp3) is 0.143. The number of nitrogens with two attached hydrogens (primary N) is 2. The zero-order valence-corrected chi connectivity index (χ0v) is 9.11. The number of nitrogen functional groups attached to an aromatic ring is 1. The quantitative estimate of drug-likeness (QED) is 0.764. The van der Waals surface area contributed by atoms with Crippen molar-refractivity contribution in [3.8, 4) is 0 Å². The van der Waals surface area contributed by atoms with Crippen LogP contribution in [-0.4, -0.2) is 0 Å². The Bertz CT molecular complexity index is 478. The van der Waals surface area contributed by atoms with Crippen LogP contribution in [0.3, 0.4) is 0 Å². The van der Waals surface area contributed by atoms with Crippen LogP contribution in [0.5, 0.6) is 0 Å². The van der Waals surface area contributed by atoms with Gasteiger partial charge in [-0.25, -0.2) is 0 Å². The SMILES string of the molecule is NCc1c[c]ccc1Cc1cccc(N)c1. The molecule has 2 aromatic rings. The van der Waals surface area contributed by atoms with E-state index in [2.05, 4.69) is 18.2 Å². The molecular weight excluding hydrogens is 196 g/mol. The monoisotopic (exact) mass is 211 g/mol. The maximum Gasteiger partial charge on any atom is 0.0316 e. The van der Waals surface area contributed by atoms with Crippen LogP contribution in [-0.2, 0) is 13.0 Å². The van der Waals surface area contributed by atoms with E-state index in [0.717, 1.165) is 17.7 Å². The lowest BCUT2D eigenvalue weighted by atomic mass is 9.99. The molecule has 0 bridgehead atoms. The zero-order valence-electron chi connectivity index (χ0n) is 9.11. The molecule has 81 valence electrons. The first kappa shape index (κ1) is 10.7. The van der Waals surface area contributed by atoms with Crippen LogP contribution in [0.25, 0.3) is 0 Å². The fourth-order valence-electron chi connectivity index (χ4n) is 1.78. The number of rotatable bonds is 3. The molecule has 0 amide bonds. The molecule has 0 fully saturated rings. The third-order valence-electron chi connectivity index (χ3n) is 2.62. The Morgan fingerprint density at radius 2 is 2.00 bits per heavy atom. The number of anilines is 1. The predicted molar refractivity (Wildman–Crippen MR) is 66.8 cm³/mol. The number of benzene rings is 2. The molecule has 0 spiro atoms. The van der Waals surface area contributed by atoms with Crippen molar-refractivity contribution in [2.45, 2.75) is 13.0 Å². The molecule has 16 heavy (non-hydrogen) atoms. The van der Waals surface area contributed by atoms with Crippen LogP contribution in [0, 0.1) is 6.07 Å². The van der Waals surface area contributed by atoms with Crippen LogP contribution in [0.4, 0.5) is 5.69 Å². The summed E-state index contributed by atoms with van der Waals surface area (Å²) in [5.74, 6) is 0. The van der Waals surface area contributed by atoms with Gasteiger partial charge >= 0.3 is 0 Å². The van der Waals surface area contributed by atoms with E-state index in [-0.39, 0.29) is 0 Å². The standard InChI is InChI=1S/C14H15N2/c15-10-13-6-2-1-5-12(13)8-11-4-3-7-14(16)9-11/h1,3-7,9H,8,10,15-16H2. The molecule has 0 aromatic heterocycles. The Balaban J connectivity index is 2.26.